The van der Waals surface area contributed by atoms with Crippen molar-refractivity contribution in [2.24, 2.45) is 28.6 Å². The van der Waals surface area contributed by atoms with E-state index in [0.717, 1.165) is 25.7 Å². The molecule has 130 valence electrons. The van der Waals surface area contributed by atoms with Gasteiger partial charge in [-0.1, -0.05) is 39.7 Å². The molecule has 0 bridgehead atoms. The summed E-state index contributed by atoms with van der Waals surface area (Å²) in [5, 5.41) is 8.96. The van der Waals surface area contributed by atoms with Gasteiger partial charge in [0.05, 0.1) is 0 Å². The van der Waals surface area contributed by atoms with E-state index in [4.69, 9.17) is 5.11 Å². The van der Waals surface area contributed by atoms with Gasteiger partial charge in [0.2, 0.25) is 0 Å². The summed E-state index contributed by atoms with van der Waals surface area (Å²) >= 11 is 0. The normalized spacial score (nSPS) is 34.5. The molecule has 0 saturated heterocycles. The van der Waals surface area contributed by atoms with Crippen LogP contribution in [-0.2, 0) is 9.59 Å². The third-order valence-electron chi connectivity index (χ3n) is 6.45. The summed E-state index contributed by atoms with van der Waals surface area (Å²) in [6, 6.07) is 0. The zero-order valence-corrected chi connectivity index (χ0v) is 15.3. The Morgan fingerprint density at radius 3 is 2.61 bits per heavy atom. The van der Waals surface area contributed by atoms with Crippen molar-refractivity contribution in [2.45, 2.75) is 73.1 Å². The monoisotopic (exact) mass is 320 g/mol. The molecule has 0 radical (unpaired) electrons. The topological polar surface area (TPSA) is 54.4 Å². The number of hydrogen-bond donors (Lipinski definition) is 1. The number of rotatable bonds is 5. The van der Waals surface area contributed by atoms with Crippen LogP contribution in [-0.4, -0.2) is 16.9 Å². The molecule has 0 aromatic rings. The summed E-state index contributed by atoms with van der Waals surface area (Å²) in [5.74, 6) is 0.292. The van der Waals surface area contributed by atoms with E-state index in [1.54, 1.807) is 0 Å². The van der Waals surface area contributed by atoms with E-state index in [1.165, 1.54) is 12.0 Å². The maximum atomic E-state index is 12.7. The first-order valence-corrected chi connectivity index (χ1v) is 9.02. The molecule has 0 aromatic carbocycles. The van der Waals surface area contributed by atoms with Crippen LogP contribution < -0.4 is 0 Å². The Morgan fingerprint density at radius 1 is 1.35 bits per heavy atom. The molecule has 0 spiro atoms. The quantitative estimate of drug-likeness (QED) is 0.787. The molecular weight excluding hydrogens is 288 g/mol. The molecule has 0 heterocycles. The Kier molecular flexibility index (Phi) is 5.08. The van der Waals surface area contributed by atoms with Gasteiger partial charge in [-0.25, -0.2) is 0 Å². The number of hydrogen-bond acceptors (Lipinski definition) is 2. The SMILES string of the molecule is CC1=CC(=O)C2C(C)(C)CCC[C@]2(C)[C@H]1CC[C@H](C)CC(=O)O. The lowest BCUT2D eigenvalue weighted by molar-refractivity contribution is -0.138. The number of carbonyl (C=O) groups is 2. The number of fused-ring (bicyclic) bond motifs is 1. The van der Waals surface area contributed by atoms with Crippen molar-refractivity contribution in [1.29, 1.82) is 0 Å². The Labute approximate surface area is 140 Å². The molecule has 1 fully saturated rings. The molecule has 2 aliphatic rings. The predicted octanol–water partition coefficient (Wildman–Crippen LogP) is 4.86. The van der Waals surface area contributed by atoms with Crippen molar-refractivity contribution in [3.8, 4) is 0 Å². The first kappa shape index (κ1) is 18.2. The molecule has 3 heteroatoms. The molecule has 1 N–H and O–H groups in total. The smallest absolute Gasteiger partial charge is 0.303 e. The Morgan fingerprint density at radius 2 is 2.00 bits per heavy atom. The van der Waals surface area contributed by atoms with E-state index in [1.807, 2.05) is 13.0 Å². The van der Waals surface area contributed by atoms with E-state index in [9.17, 15) is 9.59 Å². The Balaban J connectivity index is 2.22. The highest BCUT2D eigenvalue weighted by Gasteiger charge is 2.55. The Bertz CT molecular complexity index is 517. The fourth-order valence-electron chi connectivity index (χ4n) is 5.53. The third kappa shape index (κ3) is 3.54. The highest BCUT2D eigenvalue weighted by Crippen LogP contribution is 2.59. The fourth-order valence-corrected chi connectivity index (χ4v) is 5.53. The molecule has 2 aliphatic carbocycles. The fraction of sp³-hybridized carbons (Fsp3) is 0.800. The number of aliphatic carboxylic acids is 1. The van der Waals surface area contributed by atoms with Crippen LogP contribution in [0.2, 0.25) is 0 Å². The van der Waals surface area contributed by atoms with Crippen LogP contribution in [0.5, 0.6) is 0 Å². The molecule has 1 unspecified atom stereocenters. The molecule has 1 saturated carbocycles. The van der Waals surface area contributed by atoms with Gasteiger partial charge in [0.15, 0.2) is 5.78 Å². The highest BCUT2D eigenvalue weighted by molar-refractivity contribution is 5.94. The van der Waals surface area contributed by atoms with Gasteiger partial charge < -0.3 is 5.11 Å². The van der Waals surface area contributed by atoms with Crippen molar-refractivity contribution in [3.63, 3.8) is 0 Å². The maximum absolute atomic E-state index is 12.7. The zero-order valence-electron chi connectivity index (χ0n) is 15.3. The average Bonchev–Trinajstić information content (AvgIpc) is 2.34. The van der Waals surface area contributed by atoms with Crippen LogP contribution in [0, 0.1) is 28.6 Å². The summed E-state index contributed by atoms with van der Waals surface area (Å²) in [6.07, 6.45) is 7.43. The second-order valence-corrected chi connectivity index (χ2v) is 8.90. The van der Waals surface area contributed by atoms with Crippen LogP contribution >= 0.6 is 0 Å². The van der Waals surface area contributed by atoms with Gasteiger partial charge in [-0.15, -0.1) is 0 Å². The minimum absolute atomic E-state index is 0.0284. The van der Waals surface area contributed by atoms with Crippen molar-refractivity contribution in [3.05, 3.63) is 11.6 Å². The molecular formula is C20H32O3. The molecule has 23 heavy (non-hydrogen) atoms. The lowest BCUT2D eigenvalue weighted by Gasteiger charge is -2.55. The van der Waals surface area contributed by atoms with Crippen LogP contribution in [0.25, 0.3) is 0 Å². The van der Waals surface area contributed by atoms with E-state index in [-0.39, 0.29) is 29.1 Å². The number of ketones is 1. The van der Waals surface area contributed by atoms with Crippen molar-refractivity contribution in [2.75, 3.05) is 0 Å². The second kappa shape index (κ2) is 6.41. The number of carbonyl (C=O) groups excluding carboxylic acids is 1. The van der Waals surface area contributed by atoms with Gasteiger partial charge in [0, 0.05) is 12.3 Å². The lowest BCUT2D eigenvalue weighted by Crippen LogP contribution is -2.52. The average molecular weight is 320 g/mol. The Hall–Kier alpha value is -1.12. The minimum atomic E-state index is -0.716. The molecule has 0 aromatic heterocycles. The summed E-state index contributed by atoms with van der Waals surface area (Å²) in [5.41, 5.74) is 1.29. The number of carboxylic acid groups (broad SMARTS) is 1. The number of carboxylic acids is 1. The van der Waals surface area contributed by atoms with Gasteiger partial charge in [-0.05, 0) is 61.3 Å². The molecule has 2 rings (SSSR count). The standard InChI is InChI=1S/C20H32O3/c1-13(11-17(22)23)7-8-15-14(2)12-16(21)18-19(3,4)9-6-10-20(15,18)5/h12-13,15,18H,6-11H2,1-5H3,(H,22,23)/t13-,15-,18?,20+/m0/s1. The van der Waals surface area contributed by atoms with Crippen LogP contribution in [0.15, 0.2) is 11.6 Å². The van der Waals surface area contributed by atoms with E-state index < -0.39 is 5.97 Å². The zero-order chi connectivity index (χ0) is 17.4. The summed E-state index contributed by atoms with van der Waals surface area (Å²) in [6.45, 7) is 10.9. The van der Waals surface area contributed by atoms with E-state index >= 15 is 0 Å². The second-order valence-electron chi connectivity index (χ2n) is 8.90. The summed E-state index contributed by atoms with van der Waals surface area (Å²) in [7, 11) is 0. The lowest BCUT2D eigenvalue weighted by atomic mass is 9.48. The maximum Gasteiger partial charge on any atom is 0.303 e. The molecule has 0 aliphatic heterocycles. The van der Waals surface area contributed by atoms with Gasteiger partial charge in [0.25, 0.3) is 0 Å². The molecule has 3 nitrogen and oxygen atoms in total. The van der Waals surface area contributed by atoms with Gasteiger partial charge in [-0.3, -0.25) is 9.59 Å². The van der Waals surface area contributed by atoms with Crippen LogP contribution in [0.3, 0.4) is 0 Å². The summed E-state index contributed by atoms with van der Waals surface area (Å²) < 4.78 is 0. The van der Waals surface area contributed by atoms with E-state index in [0.29, 0.717) is 11.7 Å². The predicted molar refractivity (Wildman–Crippen MR) is 92.1 cm³/mol. The van der Waals surface area contributed by atoms with Crippen LogP contribution in [0.1, 0.15) is 73.1 Å². The summed E-state index contributed by atoms with van der Waals surface area (Å²) in [4.78, 5) is 23.6. The van der Waals surface area contributed by atoms with Crippen molar-refractivity contribution < 1.29 is 14.7 Å². The minimum Gasteiger partial charge on any atom is -0.481 e. The van der Waals surface area contributed by atoms with Gasteiger partial charge >= 0.3 is 5.97 Å². The van der Waals surface area contributed by atoms with Crippen LogP contribution in [0.4, 0.5) is 0 Å². The van der Waals surface area contributed by atoms with Gasteiger partial charge in [-0.2, -0.15) is 0 Å². The van der Waals surface area contributed by atoms with Crippen molar-refractivity contribution >= 4 is 11.8 Å². The first-order valence-electron chi connectivity index (χ1n) is 9.02. The largest absolute Gasteiger partial charge is 0.481 e. The first-order chi connectivity index (χ1) is 10.6. The van der Waals surface area contributed by atoms with E-state index in [2.05, 4.69) is 27.7 Å². The van der Waals surface area contributed by atoms with Gasteiger partial charge in [0.1, 0.15) is 0 Å². The number of allylic oxidation sites excluding steroid dienone is 2. The molecule has 0 amide bonds. The molecule has 4 atom stereocenters. The third-order valence-corrected chi connectivity index (χ3v) is 6.45. The van der Waals surface area contributed by atoms with Crippen molar-refractivity contribution in [1.82, 2.24) is 0 Å². The highest BCUT2D eigenvalue weighted by atomic mass is 16.4.